The van der Waals surface area contributed by atoms with Crippen molar-refractivity contribution in [1.29, 1.82) is 0 Å². The highest BCUT2D eigenvalue weighted by atomic mass is 127. The molecule has 7 nitrogen and oxygen atoms in total. The number of hydrogen-bond acceptors (Lipinski definition) is 4. The first-order valence-electron chi connectivity index (χ1n) is 11.0. The average molecular weight is 566 g/mol. The minimum Gasteiger partial charge on any atom is -0.493 e. The van der Waals surface area contributed by atoms with Crippen molar-refractivity contribution >= 4 is 35.8 Å². The van der Waals surface area contributed by atoms with E-state index in [4.69, 9.17) is 9.47 Å². The molecule has 2 aromatic rings. The van der Waals surface area contributed by atoms with E-state index in [0.29, 0.717) is 19.5 Å². The highest BCUT2D eigenvalue weighted by Crippen LogP contribution is 2.27. The fraction of sp³-hybridized carbons (Fsp3) is 0.440. The number of guanidine groups is 1. The van der Waals surface area contributed by atoms with Gasteiger partial charge in [0.1, 0.15) is 0 Å². The molecule has 33 heavy (non-hydrogen) atoms. The molecular weight excluding hydrogens is 531 g/mol. The summed E-state index contributed by atoms with van der Waals surface area (Å²) in [5, 5.41) is 3.44. The van der Waals surface area contributed by atoms with Crippen LogP contribution in [0.1, 0.15) is 29.5 Å². The molecule has 0 aliphatic carbocycles. The quantitative estimate of drug-likeness (QED) is 0.285. The number of nitrogens with one attached hydrogen (secondary N) is 1. The molecule has 1 aliphatic rings. The third-order valence-corrected chi connectivity index (χ3v) is 5.74. The Labute approximate surface area is 214 Å². The third-order valence-electron chi connectivity index (χ3n) is 5.74. The summed E-state index contributed by atoms with van der Waals surface area (Å²) in [7, 11) is 7.12. The van der Waals surface area contributed by atoms with Crippen LogP contribution in [0.4, 0.5) is 0 Å². The predicted octanol–water partition coefficient (Wildman–Crippen LogP) is 3.69. The van der Waals surface area contributed by atoms with Gasteiger partial charge in [-0.05, 0) is 41.7 Å². The second kappa shape index (κ2) is 13.3. The van der Waals surface area contributed by atoms with Crippen LogP contribution in [0.2, 0.25) is 0 Å². The molecule has 8 heteroatoms. The van der Waals surface area contributed by atoms with Crippen LogP contribution in [0.15, 0.2) is 47.5 Å². The minimum atomic E-state index is 0. The number of hydrogen-bond donors (Lipinski definition) is 1. The second-order valence-electron chi connectivity index (χ2n) is 8.00. The molecule has 0 saturated carbocycles. The van der Waals surface area contributed by atoms with Gasteiger partial charge < -0.3 is 24.6 Å². The predicted molar refractivity (Wildman–Crippen MR) is 143 cm³/mol. The van der Waals surface area contributed by atoms with E-state index in [1.54, 1.807) is 21.3 Å². The van der Waals surface area contributed by atoms with E-state index in [-0.39, 0.29) is 29.9 Å². The Kier molecular flexibility index (Phi) is 10.8. The maximum absolute atomic E-state index is 11.9. The van der Waals surface area contributed by atoms with Gasteiger partial charge in [-0.2, -0.15) is 0 Å². The summed E-state index contributed by atoms with van der Waals surface area (Å²) in [5.74, 6) is 2.57. The summed E-state index contributed by atoms with van der Waals surface area (Å²) in [6.07, 6.45) is 2.50. The molecule has 1 N–H and O–H groups in total. The molecule has 0 spiro atoms. The Morgan fingerprint density at radius 1 is 1.09 bits per heavy atom. The first-order chi connectivity index (χ1) is 15.5. The number of methoxy groups -OCH3 is 2. The number of likely N-dealkylation sites (tertiary alicyclic amines) is 1. The van der Waals surface area contributed by atoms with E-state index in [2.05, 4.69) is 45.5 Å². The van der Waals surface area contributed by atoms with Crippen LogP contribution >= 0.6 is 24.0 Å². The lowest BCUT2D eigenvalue weighted by atomic mass is 10.1. The summed E-state index contributed by atoms with van der Waals surface area (Å²) in [6, 6.07) is 14.4. The number of amides is 1. The summed E-state index contributed by atoms with van der Waals surface area (Å²) < 4.78 is 10.7. The zero-order valence-electron chi connectivity index (χ0n) is 20.0. The molecule has 1 amide bonds. The Balaban J connectivity index is 0.00000385. The number of rotatable bonds is 9. The molecule has 1 aliphatic heterocycles. The summed E-state index contributed by atoms with van der Waals surface area (Å²) in [6.45, 7) is 3.03. The molecule has 0 atom stereocenters. The molecular formula is C25H35IN4O3. The SMILES string of the molecule is CN=C(NCc1cccc(CN2CCCC2=O)c1)N(C)CCc1ccc(OC)c(OC)c1.I. The van der Waals surface area contributed by atoms with Crippen LogP contribution in [0.3, 0.4) is 0 Å². The van der Waals surface area contributed by atoms with Crippen LogP contribution in [0, 0.1) is 0 Å². The van der Waals surface area contributed by atoms with Gasteiger partial charge in [-0.3, -0.25) is 9.79 Å². The monoisotopic (exact) mass is 566 g/mol. The van der Waals surface area contributed by atoms with Gasteiger partial charge in [0.05, 0.1) is 14.2 Å². The van der Waals surface area contributed by atoms with Crippen molar-refractivity contribution in [1.82, 2.24) is 15.1 Å². The van der Waals surface area contributed by atoms with Crippen LogP contribution in [-0.2, 0) is 24.3 Å². The zero-order chi connectivity index (χ0) is 22.9. The molecule has 1 saturated heterocycles. The lowest BCUT2D eigenvalue weighted by molar-refractivity contribution is -0.128. The second-order valence-corrected chi connectivity index (χ2v) is 8.00. The van der Waals surface area contributed by atoms with Gasteiger partial charge in [-0.25, -0.2) is 0 Å². The molecule has 1 heterocycles. The normalized spacial score (nSPS) is 13.5. The number of halogens is 1. The molecule has 180 valence electrons. The molecule has 0 radical (unpaired) electrons. The first kappa shape index (κ1) is 26.8. The number of benzene rings is 2. The van der Waals surface area contributed by atoms with Crippen molar-refractivity contribution in [3.8, 4) is 11.5 Å². The van der Waals surface area contributed by atoms with Gasteiger partial charge >= 0.3 is 0 Å². The summed E-state index contributed by atoms with van der Waals surface area (Å²) >= 11 is 0. The Hall–Kier alpha value is -2.49. The number of ether oxygens (including phenoxy) is 2. The topological polar surface area (TPSA) is 66.4 Å². The Bertz CT molecular complexity index is 951. The number of likely N-dealkylation sites (N-methyl/N-ethyl adjacent to an activating group) is 1. The largest absolute Gasteiger partial charge is 0.493 e. The van der Waals surface area contributed by atoms with Gasteiger partial charge in [-0.1, -0.05) is 30.3 Å². The van der Waals surface area contributed by atoms with Crippen LogP contribution in [0.25, 0.3) is 0 Å². The van der Waals surface area contributed by atoms with Gasteiger partial charge in [0.25, 0.3) is 0 Å². The fourth-order valence-electron chi connectivity index (χ4n) is 3.93. The fourth-order valence-corrected chi connectivity index (χ4v) is 3.93. The zero-order valence-corrected chi connectivity index (χ0v) is 22.3. The summed E-state index contributed by atoms with van der Waals surface area (Å²) in [5.41, 5.74) is 3.51. The highest BCUT2D eigenvalue weighted by molar-refractivity contribution is 14.0. The van der Waals surface area contributed by atoms with Gasteiger partial charge in [0, 0.05) is 46.7 Å². The molecule has 0 unspecified atom stereocenters. The van der Waals surface area contributed by atoms with Gasteiger partial charge in [-0.15, -0.1) is 24.0 Å². The van der Waals surface area contributed by atoms with Crippen LogP contribution < -0.4 is 14.8 Å². The van der Waals surface area contributed by atoms with Crippen molar-refractivity contribution in [2.24, 2.45) is 4.99 Å². The van der Waals surface area contributed by atoms with E-state index in [9.17, 15) is 4.79 Å². The highest BCUT2D eigenvalue weighted by Gasteiger charge is 2.20. The number of carbonyl (C=O) groups is 1. The number of aliphatic imine (C=N–C) groups is 1. The first-order valence-corrected chi connectivity index (χ1v) is 11.0. The number of carbonyl (C=O) groups excluding carboxylic acids is 1. The van der Waals surface area contributed by atoms with E-state index in [1.165, 1.54) is 11.1 Å². The molecule has 2 aromatic carbocycles. The molecule has 1 fully saturated rings. The van der Waals surface area contributed by atoms with Gasteiger partial charge in [0.2, 0.25) is 5.91 Å². The van der Waals surface area contributed by atoms with E-state index in [1.807, 2.05) is 24.1 Å². The van der Waals surface area contributed by atoms with E-state index in [0.717, 1.165) is 49.0 Å². The van der Waals surface area contributed by atoms with E-state index >= 15 is 0 Å². The third kappa shape index (κ3) is 7.52. The van der Waals surface area contributed by atoms with Crippen LogP contribution in [-0.4, -0.2) is 63.1 Å². The molecule has 0 aromatic heterocycles. The average Bonchev–Trinajstić information content (AvgIpc) is 3.22. The molecule has 3 rings (SSSR count). The van der Waals surface area contributed by atoms with Gasteiger partial charge in [0.15, 0.2) is 17.5 Å². The standard InChI is InChI=1S/C25H34N4O3.HI/c1-26-25(28(2)14-12-19-10-11-22(31-3)23(16-19)32-4)27-17-20-7-5-8-21(15-20)18-29-13-6-9-24(29)30;/h5,7-8,10-11,15-16H,6,9,12-14,17-18H2,1-4H3,(H,26,27);1H. The molecule has 0 bridgehead atoms. The maximum Gasteiger partial charge on any atom is 0.222 e. The van der Waals surface area contributed by atoms with Crippen molar-refractivity contribution in [2.45, 2.75) is 32.4 Å². The lowest BCUT2D eigenvalue weighted by Gasteiger charge is -2.22. The minimum absolute atomic E-state index is 0. The maximum atomic E-state index is 11.9. The van der Waals surface area contributed by atoms with Crippen molar-refractivity contribution in [3.05, 3.63) is 59.2 Å². The number of nitrogens with zero attached hydrogens (tertiary/aromatic N) is 3. The summed E-state index contributed by atoms with van der Waals surface area (Å²) in [4.78, 5) is 20.4. The van der Waals surface area contributed by atoms with Crippen molar-refractivity contribution < 1.29 is 14.3 Å². The van der Waals surface area contributed by atoms with Crippen LogP contribution in [0.5, 0.6) is 11.5 Å². The smallest absolute Gasteiger partial charge is 0.222 e. The Morgan fingerprint density at radius 2 is 1.85 bits per heavy atom. The Morgan fingerprint density at radius 3 is 2.52 bits per heavy atom. The van der Waals surface area contributed by atoms with Crippen molar-refractivity contribution in [2.75, 3.05) is 41.4 Å². The van der Waals surface area contributed by atoms with E-state index < -0.39 is 0 Å². The van der Waals surface area contributed by atoms with Crippen molar-refractivity contribution in [3.63, 3.8) is 0 Å². The lowest BCUT2D eigenvalue weighted by Crippen LogP contribution is -2.39.